The van der Waals surface area contributed by atoms with Gasteiger partial charge in [0.25, 0.3) is 0 Å². The number of halogens is 1. The second kappa shape index (κ2) is 6.27. The summed E-state index contributed by atoms with van der Waals surface area (Å²) in [6.45, 7) is 3.72. The molecule has 0 spiro atoms. The minimum Gasteiger partial charge on any atom is -0.383 e. The van der Waals surface area contributed by atoms with Crippen molar-refractivity contribution in [2.45, 2.75) is 20.0 Å². The van der Waals surface area contributed by atoms with Crippen LogP contribution in [0.2, 0.25) is 0 Å². The summed E-state index contributed by atoms with van der Waals surface area (Å²) >= 11 is 3.50. The van der Waals surface area contributed by atoms with Crippen LogP contribution in [-0.4, -0.2) is 28.5 Å². The van der Waals surface area contributed by atoms with Gasteiger partial charge in [0.05, 0.1) is 13.2 Å². The van der Waals surface area contributed by atoms with Gasteiger partial charge in [-0.2, -0.15) is 0 Å². The summed E-state index contributed by atoms with van der Waals surface area (Å²) in [6, 6.07) is 6.12. The fourth-order valence-electron chi connectivity index (χ4n) is 1.90. The number of hydrogen-bond acceptors (Lipinski definition) is 4. The number of aromatic nitrogens is 3. The summed E-state index contributed by atoms with van der Waals surface area (Å²) in [5.74, 6) is 1.60. The van der Waals surface area contributed by atoms with Crippen molar-refractivity contribution in [3.8, 4) is 11.4 Å². The standard InChI is InChI=1S/C13H17BrN4O/c1-9-7-10(3-4-11(9)14)13-17-16-12(8-15)18(13)5-6-19-2/h3-4,7H,5-6,8,15H2,1-2H3. The van der Waals surface area contributed by atoms with Crippen molar-refractivity contribution in [2.24, 2.45) is 5.73 Å². The summed E-state index contributed by atoms with van der Waals surface area (Å²) in [5, 5.41) is 8.38. The number of hydrogen-bond donors (Lipinski definition) is 1. The van der Waals surface area contributed by atoms with Crippen LogP contribution >= 0.6 is 15.9 Å². The molecular formula is C13H17BrN4O. The largest absolute Gasteiger partial charge is 0.383 e. The number of nitrogens with two attached hydrogens (primary N) is 1. The van der Waals surface area contributed by atoms with Gasteiger partial charge in [0.1, 0.15) is 5.82 Å². The van der Waals surface area contributed by atoms with Crippen LogP contribution in [0.4, 0.5) is 0 Å². The number of rotatable bonds is 5. The highest BCUT2D eigenvalue weighted by atomic mass is 79.9. The van der Waals surface area contributed by atoms with Crippen LogP contribution in [-0.2, 0) is 17.8 Å². The van der Waals surface area contributed by atoms with Gasteiger partial charge in [-0.25, -0.2) is 0 Å². The van der Waals surface area contributed by atoms with Crippen molar-refractivity contribution in [1.29, 1.82) is 0 Å². The fraction of sp³-hybridized carbons (Fsp3) is 0.385. The maximum Gasteiger partial charge on any atom is 0.164 e. The third-order valence-electron chi connectivity index (χ3n) is 2.95. The van der Waals surface area contributed by atoms with Crippen molar-refractivity contribution >= 4 is 15.9 Å². The van der Waals surface area contributed by atoms with Gasteiger partial charge < -0.3 is 15.0 Å². The summed E-state index contributed by atoms with van der Waals surface area (Å²) in [7, 11) is 1.68. The lowest BCUT2D eigenvalue weighted by Crippen LogP contribution is -2.12. The van der Waals surface area contributed by atoms with E-state index in [2.05, 4.69) is 32.2 Å². The molecule has 0 radical (unpaired) electrons. The Morgan fingerprint density at radius 3 is 2.79 bits per heavy atom. The molecule has 19 heavy (non-hydrogen) atoms. The molecule has 0 bridgehead atoms. The van der Waals surface area contributed by atoms with Crippen molar-refractivity contribution in [2.75, 3.05) is 13.7 Å². The van der Waals surface area contributed by atoms with Gasteiger partial charge in [-0.15, -0.1) is 10.2 Å². The Bertz CT molecular complexity index is 568. The molecule has 1 aromatic heterocycles. The zero-order valence-corrected chi connectivity index (χ0v) is 12.6. The van der Waals surface area contributed by atoms with Gasteiger partial charge in [0, 0.05) is 23.7 Å². The molecule has 0 atom stereocenters. The first-order valence-electron chi connectivity index (χ1n) is 6.05. The lowest BCUT2D eigenvalue weighted by Gasteiger charge is -2.09. The van der Waals surface area contributed by atoms with Gasteiger partial charge in [-0.05, 0) is 24.6 Å². The summed E-state index contributed by atoms with van der Waals surface area (Å²) in [4.78, 5) is 0. The quantitative estimate of drug-likeness (QED) is 0.914. The predicted octanol–water partition coefficient (Wildman–Crippen LogP) is 2.12. The Morgan fingerprint density at radius 1 is 1.37 bits per heavy atom. The van der Waals surface area contributed by atoms with Crippen LogP contribution < -0.4 is 5.73 Å². The van der Waals surface area contributed by atoms with Gasteiger partial charge in [0.15, 0.2) is 5.82 Å². The summed E-state index contributed by atoms with van der Waals surface area (Å²) in [6.07, 6.45) is 0. The van der Waals surface area contributed by atoms with Crippen molar-refractivity contribution in [1.82, 2.24) is 14.8 Å². The molecule has 5 nitrogen and oxygen atoms in total. The lowest BCUT2D eigenvalue weighted by molar-refractivity contribution is 0.186. The van der Waals surface area contributed by atoms with Crippen LogP contribution in [0.1, 0.15) is 11.4 Å². The van der Waals surface area contributed by atoms with E-state index in [9.17, 15) is 0 Å². The smallest absolute Gasteiger partial charge is 0.164 e. The van der Waals surface area contributed by atoms with E-state index in [-0.39, 0.29) is 0 Å². The number of ether oxygens (including phenoxy) is 1. The molecule has 0 unspecified atom stereocenters. The number of nitrogens with zero attached hydrogens (tertiary/aromatic N) is 3. The molecule has 1 aromatic carbocycles. The highest BCUT2D eigenvalue weighted by Crippen LogP contribution is 2.24. The van der Waals surface area contributed by atoms with Gasteiger partial charge >= 0.3 is 0 Å². The molecule has 0 aliphatic rings. The molecule has 0 fully saturated rings. The molecule has 2 N–H and O–H groups in total. The summed E-state index contributed by atoms with van der Waals surface area (Å²) in [5.41, 5.74) is 7.89. The van der Waals surface area contributed by atoms with E-state index in [1.807, 2.05) is 23.6 Å². The zero-order valence-electron chi connectivity index (χ0n) is 11.1. The number of aryl methyl sites for hydroxylation is 1. The van der Waals surface area contributed by atoms with E-state index in [1.54, 1.807) is 7.11 Å². The maximum atomic E-state index is 5.70. The van der Waals surface area contributed by atoms with E-state index < -0.39 is 0 Å². The Balaban J connectivity index is 2.42. The van der Waals surface area contributed by atoms with Crippen LogP contribution in [0.5, 0.6) is 0 Å². The first-order valence-corrected chi connectivity index (χ1v) is 6.84. The van der Waals surface area contributed by atoms with Crippen LogP contribution in [0.25, 0.3) is 11.4 Å². The zero-order chi connectivity index (χ0) is 13.8. The second-order valence-electron chi connectivity index (χ2n) is 4.25. The molecular weight excluding hydrogens is 308 g/mol. The average molecular weight is 325 g/mol. The Hall–Kier alpha value is -1.24. The van der Waals surface area contributed by atoms with E-state index in [0.29, 0.717) is 19.7 Å². The highest BCUT2D eigenvalue weighted by molar-refractivity contribution is 9.10. The topological polar surface area (TPSA) is 66.0 Å². The number of methoxy groups -OCH3 is 1. The molecule has 6 heteroatoms. The van der Waals surface area contributed by atoms with Crippen LogP contribution in [0.3, 0.4) is 0 Å². The first kappa shape index (κ1) is 14.2. The third-order valence-corrected chi connectivity index (χ3v) is 3.83. The molecule has 1 heterocycles. The van der Waals surface area contributed by atoms with Crippen molar-refractivity contribution in [3.63, 3.8) is 0 Å². The normalized spacial score (nSPS) is 10.9. The lowest BCUT2D eigenvalue weighted by atomic mass is 10.1. The third kappa shape index (κ3) is 3.02. The predicted molar refractivity (Wildman–Crippen MR) is 77.7 cm³/mol. The average Bonchev–Trinajstić information content (AvgIpc) is 2.82. The highest BCUT2D eigenvalue weighted by Gasteiger charge is 2.13. The molecule has 0 aliphatic carbocycles. The molecule has 102 valence electrons. The molecule has 0 aliphatic heterocycles. The minimum absolute atomic E-state index is 0.367. The maximum absolute atomic E-state index is 5.70. The molecule has 2 aromatic rings. The molecule has 0 amide bonds. The monoisotopic (exact) mass is 324 g/mol. The van der Waals surface area contributed by atoms with E-state index >= 15 is 0 Å². The van der Waals surface area contributed by atoms with Crippen LogP contribution in [0.15, 0.2) is 22.7 Å². The summed E-state index contributed by atoms with van der Waals surface area (Å²) < 4.78 is 8.21. The van der Waals surface area contributed by atoms with Gasteiger partial charge in [-0.3, -0.25) is 0 Å². The van der Waals surface area contributed by atoms with Crippen LogP contribution in [0, 0.1) is 6.92 Å². The molecule has 0 saturated carbocycles. The Morgan fingerprint density at radius 2 is 2.16 bits per heavy atom. The molecule has 0 saturated heterocycles. The second-order valence-corrected chi connectivity index (χ2v) is 5.11. The fourth-order valence-corrected chi connectivity index (χ4v) is 2.15. The Kier molecular flexibility index (Phi) is 4.68. The van der Waals surface area contributed by atoms with Crippen molar-refractivity contribution in [3.05, 3.63) is 34.1 Å². The van der Waals surface area contributed by atoms with E-state index in [0.717, 1.165) is 27.2 Å². The van der Waals surface area contributed by atoms with E-state index in [1.165, 1.54) is 0 Å². The SMILES string of the molecule is COCCn1c(CN)nnc1-c1ccc(Br)c(C)c1. The van der Waals surface area contributed by atoms with Crippen molar-refractivity contribution < 1.29 is 4.74 Å². The van der Waals surface area contributed by atoms with Gasteiger partial charge in [0.2, 0.25) is 0 Å². The molecule has 2 rings (SSSR count). The van der Waals surface area contributed by atoms with Gasteiger partial charge in [-0.1, -0.05) is 22.0 Å². The Labute approximate surface area is 120 Å². The number of benzene rings is 1. The minimum atomic E-state index is 0.367. The van der Waals surface area contributed by atoms with E-state index in [4.69, 9.17) is 10.5 Å². The first-order chi connectivity index (χ1) is 9.17.